The van der Waals surface area contributed by atoms with Gasteiger partial charge in [-0.1, -0.05) is 0 Å². The van der Waals surface area contributed by atoms with Crippen LogP contribution in [0.3, 0.4) is 0 Å². The van der Waals surface area contributed by atoms with E-state index >= 15 is 0 Å². The van der Waals surface area contributed by atoms with Crippen molar-refractivity contribution in [2.75, 3.05) is 0 Å². The molecule has 0 saturated carbocycles. The van der Waals surface area contributed by atoms with Gasteiger partial charge in [-0.2, -0.15) is 5.26 Å². The summed E-state index contributed by atoms with van der Waals surface area (Å²) in [5, 5.41) is 21.0. The van der Waals surface area contributed by atoms with Gasteiger partial charge in [-0.05, 0) is 34.3 Å². The Hall–Kier alpha value is -1.94. The number of rotatable bonds is 2. The van der Waals surface area contributed by atoms with Crippen molar-refractivity contribution in [3.05, 3.63) is 23.9 Å². The lowest BCUT2D eigenvalue weighted by atomic mass is 10.3. The maximum Gasteiger partial charge on any atom is 0.215 e. The van der Waals surface area contributed by atoms with Crippen LogP contribution in [0.1, 0.15) is 5.56 Å². The second-order valence-electron chi connectivity index (χ2n) is 2.68. The monoisotopic (exact) mass is 218 g/mol. The van der Waals surface area contributed by atoms with Gasteiger partial charge in [-0.15, -0.1) is 5.10 Å². The van der Waals surface area contributed by atoms with Crippen molar-refractivity contribution >= 4 is 11.8 Å². The second-order valence-corrected chi connectivity index (χ2v) is 3.67. The van der Waals surface area contributed by atoms with E-state index in [0.717, 1.165) is 5.03 Å². The molecule has 0 fully saturated rings. The number of hydrogen-bond acceptors (Lipinski definition) is 6. The minimum atomic E-state index is 0.537. The maximum atomic E-state index is 8.60. The normalized spacial score (nSPS) is 9.87. The Labute approximate surface area is 89.9 Å². The molecule has 7 heteroatoms. The number of nitrogens with zero attached hydrogens (tertiary/aromatic N) is 6. The minimum Gasteiger partial charge on any atom is -0.248 e. The van der Waals surface area contributed by atoms with E-state index < -0.39 is 0 Å². The number of aryl methyl sites for hydroxylation is 1. The zero-order valence-corrected chi connectivity index (χ0v) is 8.64. The average molecular weight is 218 g/mol. The van der Waals surface area contributed by atoms with Crippen molar-refractivity contribution in [2.24, 2.45) is 7.05 Å². The molecule has 2 heterocycles. The number of pyridine rings is 1. The number of tetrazole rings is 1. The van der Waals surface area contributed by atoms with Gasteiger partial charge in [0.1, 0.15) is 11.1 Å². The summed E-state index contributed by atoms with van der Waals surface area (Å²) in [5.41, 5.74) is 0.537. The molecule has 0 N–H and O–H groups in total. The summed E-state index contributed by atoms with van der Waals surface area (Å²) >= 11 is 1.35. The Morgan fingerprint density at radius 1 is 1.47 bits per heavy atom. The molecular formula is C8H6N6S. The second kappa shape index (κ2) is 4.06. The molecule has 0 aliphatic carbocycles. The van der Waals surface area contributed by atoms with E-state index in [4.69, 9.17) is 5.26 Å². The molecule has 0 unspecified atom stereocenters. The van der Waals surface area contributed by atoms with Gasteiger partial charge in [0.25, 0.3) is 0 Å². The molecule has 0 atom stereocenters. The quantitative estimate of drug-likeness (QED) is 0.735. The fourth-order valence-corrected chi connectivity index (χ4v) is 1.58. The molecule has 0 aliphatic rings. The van der Waals surface area contributed by atoms with E-state index in [0.29, 0.717) is 10.7 Å². The fraction of sp³-hybridized carbons (Fsp3) is 0.125. The van der Waals surface area contributed by atoms with Gasteiger partial charge in [0.15, 0.2) is 0 Å². The van der Waals surface area contributed by atoms with E-state index in [9.17, 15) is 0 Å². The first-order chi connectivity index (χ1) is 7.29. The van der Waals surface area contributed by atoms with Crippen LogP contribution in [0.15, 0.2) is 28.5 Å². The van der Waals surface area contributed by atoms with E-state index in [1.165, 1.54) is 18.0 Å². The largest absolute Gasteiger partial charge is 0.248 e. The number of nitriles is 1. The van der Waals surface area contributed by atoms with Gasteiger partial charge in [0, 0.05) is 13.2 Å². The summed E-state index contributed by atoms with van der Waals surface area (Å²) in [5.74, 6) is 0. The zero-order valence-electron chi connectivity index (χ0n) is 7.82. The van der Waals surface area contributed by atoms with Crippen molar-refractivity contribution in [1.82, 2.24) is 25.2 Å². The number of hydrogen-bond donors (Lipinski definition) is 0. The van der Waals surface area contributed by atoms with Crippen LogP contribution < -0.4 is 0 Å². The average Bonchev–Trinajstić information content (AvgIpc) is 2.66. The SMILES string of the molecule is Cn1nnnc1Sc1ccc(C#N)cn1. The van der Waals surface area contributed by atoms with Gasteiger partial charge >= 0.3 is 0 Å². The molecule has 2 aromatic heterocycles. The molecule has 74 valence electrons. The summed E-state index contributed by atoms with van der Waals surface area (Å²) in [6.45, 7) is 0. The highest BCUT2D eigenvalue weighted by molar-refractivity contribution is 7.99. The molecule has 0 aliphatic heterocycles. The Morgan fingerprint density at radius 2 is 2.33 bits per heavy atom. The molecule has 6 nitrogen and oxygen atoms in total. The fourth-order valence-electron chi connectivity index (χ4n) is 0.908. The molecule has 0 spiro atoms. The van der Waals surface area contributed by atoms with E-state index in [1.54, 1.807) is 23.9 Å². The highest BCUT2D eigenvalue weighted by Gasteiger charge is 2.05. The van der Waals surface area contributed by atoms with Crippen LogP contribution in [0.25, 0.3) is 0 Å². The van der Waals surface area contributed by atoms with Crippen molar-refractivity contribution in [1.29, 1.82) is 5.26 Å². The molecule has 0 saturated heterocycles. The highest BCUT2D eigenvalue weighted by atomic mass is 32.2. The molecule has 2 aromatic rings. The van der Waals surface area contributed by atoms with E-state index in [-0.39, 0.29) is 0 Å². The lowest BCUT2D eigenvalue weighted by Crippen LogP contribution is -1.93. The first-order valence-corrected chi connectivity index (χ1v) is 4.87. The van der Waals surface area contributed by atoms with Gasteiger partial charge < -0.3 is 0 Å². The lowest BCUT2D eigenvalue weighted by Gasteiger charge is -1.97. The molecule has 0 amide bonds. The van der Waals surface area contributed by atoms with Crippen LogP contribution in [0, 0.1) is 11.3 Å². The van der Waals surface area contributed by atoms with Crippen molar-refractivity contribution in [3.63, 3.8) is 0 Å². The van der Waals surface area contributed by atoms with Crippen molar-refractivity contribution < 1.29 is 0 Å². The molecular weight excluding hydrogens is 212 g/mol. The van der Waals surface area contributed by atoms with Gasteiger partial charge in [-0.3, -0.25) is 0 Å². The number of aromatic nitrogens is 5. The molecule has 0 aromatic carbocycles. The molecule has 2 rings (SSSR count). The summed E-state index contributed by atoms with van der Waals surface area (Å²) < 4.78 is 1.56. The third-order valence-electron chi connectivity index (χ3n) is 1.64. The third-order valence-corrected chi connectivity index (χ3v) is 2.62. The summed E-state index contributed by atoms with van der Waals surface area (Å²) in [6, 6.07) is 5.48. The van der Waals surface area contributed by atoms with Crippen LogP contribution in [-0.4, -0.2) is 25.2 Å². The topological polar surface area (TPSA) is 80.3 Å². The Bertz CT molecular complexity index is 497. The lowest BCUT2D eigenvalue weighted by molar-refractivity contribution is 0.664. The van der Waals surface area contributed by atoms with Crippen molar-refractivity contribution in [2.45, 2.75) is 10.2 Å². The first kappa shape index (κ1) is 9.61. The molecule has 0 bridgehead atoms. The predicted molar refractivity (Wildman–Crippen MR) is 51.9 cm³/mol. The third kappa shape index (κ3) is 2.11. The minimum absolute atomic E-state index is 0.537. The van der Waals surface area contributed by atoms with Crippen LogP contribution in [-0.2, 0) is 7.05 Å². The molecule has 15 heavy (non-hydrogen) atoms. The maximum absolute atomic E-state index is 8.60. The Kier molecular flexibility index (Phi) is 2.60. The molecule has 0 radical (unpaired) electrons. The zero-order chi connectivity index (χ0) is 10.7. The van der Waals surface area contributed by atoms with Gasteiger partial charge in [0.2, 0.25) is 5.16 Å². The highest BCUT2D eigenvalue weighted by Crippen LogP contribution is 2.22. The van der Waals surface area contributed by atoms with E-state index in [2.05, 4.69) is 20.5 Å². The van der Waals surface area contributed by atoms with Crippen LogP contribution in [0.2, 0.25) is 0 Å². The standard InChI is InChI=1S/C8H6N6S/c1-14-8(11-12-13-14)15-7-3-2-6(4-9)5-10-7/h2-3,5H,1H3. The summed E-state index contributed by atoms with van der Waals surface area (Å²) in [6.07, 6.45) is 1.52. The van der Waals surface area contributed by atoms with Gasteiger partial charge in [0.05, 0.1) is 5.56 Å². The summed E-state index contributed by atoms with van der Waals surface area (Å²) in [7, 11) is 1.76. The van der Waals surface area contributed by atoms with Gasteiger partial charge in [-0.25, -0.2) is 9.67 Å². The summed E-state index contributed by atoms with van der Waals surface area (Å²) in [4.78, 5) is 4.10. The van der Waals surface area contributed by atoms with Crippen LogP contribution >= 0.6 is 11.8 Å². The first-order valence-electron chi connectivity index (χ1n) is 4.06. The van der Waals surface area contributed by atoms with E-state index in [1.807, 2.05) is 6.07 Å². The smallest absolute Gasteiger partial charge is 0.215 e. The Morgan fingerprint density at radius 3 is 2.87 bits per heavy atom. The van der Waals surface area contributed by atoms with Crippen molar-refractivity contribution in [3.8, 4) is 6.07 Å². The predicted octanol–water partition coefficient (Wildman–Crippen LogP) is 0.628. The van der Waals surface area contributed by atoms with Crippen LogP contribution in [0.4, 0.5) is 0 Å². The van der Waals surface area contributed by atoms with Crippen LogP contribution in [0.5, 0.6) is 0 Å². The Balaban J connectivity index is 2.19.